The van der Waals surface area contributed by atoms with Crippen molar-refractivity contribution >= 4 is 48.6 Å². The van der Waals surface area contributed by atoms with Gasteiger partial charge in [-0.1, -0.05) is 0 Å². The summed E-state index contributed by atoms with van der Waals surface area (Å²) in [7, 11) is -1.94. The first-order valence-electron chi connectivity index (χ1n) is 5.74. The number of aliphatic hydroxyl groups is 1. The van der Waals surface area contributed by atoms with Gasteiger partial charge < -0.3 is 5.11 Å². The van der Waals surface area contributed by atoms with Crippen LogP contribution < -0.4 is 0 Å². The number of hydrogen-bond acceptors (Lipinski definition) is 5. The molecule has 0 bridgehead atoms. The van der Waals surface area contributed by atoms with E-state index in [1.807, 2.05) is 11.4 Å². The summed E-state index contributed by atoms with van der Waals surface area (Å²) in [4.78, 5) is 1.66. The van der Waals surface area contributed by atoms with Crippen LogP contribution in [-0.4, -0.2) is 24.9 Å². The van der Waals surface area contributed by atoms with Gasteiger partial charge in [-0.05, 0) is 40.5 Å². The molecule has 2 aromatic heterocycles. The van der Waals surface area contributed by atoms with Crippen molar-refractivity contribution in [2.75, 3.05) is 7.05 Å². The minimum Gasteiger partial charge on any atom is -0.391 e. The number of halogens is 1. The minimum atomic E-state index is -3.51. The van der Waals surface area contributed by atoms with Gasteiger partial charge in [-0.2, -0.15) is 4.31 Å². The van der Waals surface area contributed by atoms with Crippen LogP contribution in [0.5, 0.6) is 0 Å². The molecule has 2 heterocycles. The van der Waals surface area contributed by atoms with E-state index in [2.05, 4.69) is 15.9 Å². The average Bonchev–Trinajstić information content (AvgIpc) is 2.95. The lowest BCUT2D eigenvalue weighted by Gasteiger charge is -2.14. The fraction of sp³-hybridized carbons (Fsp3) is 0.333. The smallest absolute Gasteiger partial charge is 0.252 e. The first-order valence-corrected chi connectivity index (χ1v) is 9.67. The largest absolute Gasteiger partial charge is 0.391 e. The Morgan fingerprint density at radius 2 is 2.10 bits per heavy atom. The zero-order valence-corrected chi connectivity index (χ0v) is 15.0. The van der Waals surface area contributed by atoms with E-state index in [1.165, 1.54) is 15.6 Å². The first-order chi connectivity index (χ1) is 9.34. The van der Waals surface area contributed by atoms with Crippen LogP contribution in [0.1, 0.15) is 15.3 Å². The standard InChI is InChI=1S/C12H14BrNO3S3/c1-8-3-12(19-11(8)6-15)20(16,17)14(2)5-10-4-9(13)7-18-10/h3-4,7,15H,5-6H2,1-2H3. The third kappa shape index (κ3) is 3.32. The molecule has 20 heavy (non-hydrogen) atoms. The normalized spacial score (nSPS) is 12.2. The molecule has 0 unspecified atom stereocenters. The van der Waals surface area contributed by atoms with Crippen molar-refractivity contribution in [1.82, 2.24) is 4.31 Å². The van der Waals surface area contributed by atoms with Crippen LogP contribution in [0.4, 0.5) is 0 Å². The van der Waals surface area contributed by atoms with E-state index in [-0.39, 0.29) is 10.8 Å². The van der Waals surface area contributed by atoms with E-state index in [4.69, 9.17) is 0 Å². The third-order valence-electron chi connectivity index (χ3n) is 2.81. The van der Waals surface area contributed by atoms with Crippen LogP contribution in [0, 0.1) is 6.92 Å². The monoisotopic (exact) mass is 395 g/mol. The predicted octanol–water partition coefficient (Wildman–Crippen LogP) is 3.19. The highest BCUT2D eigenvalue weighted by atomic mass is 79.9. The third-order valence-corrected chi connectivity index (χ3v) is 7.96. The maximum atomic E-state index is 12.5. The van der Waals surface area contributed by atoms with Crippen molar-refractivity contribution in [2.45, 2.75) is 24.3 Å². The van der Waals surface area contributed by atoms with E-state index in [9.17, 15) is 13.5 Å². The molecule has 0 aromatic carbocycles. The lowest BCUT2D eigenvalue weighted by atomic mass is 10.3. The fourth-order valence-electron chi connectivity index (χ4n) is 1.67. The second-order valence-electron chi connectivity index (χ2n) is 4.32. The second kappa shape index (κ2) is 6.25. The lowest BCUT2D eigenvalue weighted by Crippen LogP contribution is -2.25. The van der Waals surface area contributed by atoms with Gasteiger partial charge in [0, 0.05) is 33.2 Å². The van der Waals surface area contributed by atoms with Crippen LogP contribution in [0.15, 0.2) is 26.2 Å². The van der Waals surface area contributed by atoms with Gasteiger partial charge >= 0.3 is 0 Å². The van der Waals surface area contributed by atoms with Crippen LogP contribution in [0.25, 0.3) is 0 Å². The number of rotatable bonds is 5. The molecule has 2 rings (SSSR count). The van der Waals surface area contributed by atoms with Crippen molar-refractivity contribution in [3.8, 4) is 0 Å². The van der Waals surface area contributed by atoms with Crippen molar-refractivity contribution in [3.05, 3.63) is 37.3 Å². The lowest BCUT2D eigenvalue weighted by molar-refractivity contribution is 0.285. The van der Waals surface area contributed by atoms with E-state index in [0.717, 1.165) is 26.3 Å². The van der Waals surface area contributed by atoms with Crippen molar-refractivity contribution in [1.29, 1.82) is 0 Å². The molecule has 0 amide bonds. The maximum Gasteiger partial charge on any atom is 0.252 e. The van der Waals surface area contributed by atoms with Crippen molar-refractivity contribution in [3.63, 3.8) is 0 Å². The Bertz CT molecular complexity index is 705. The average molecular weight is 396 g/mol. The predicted molar refractivity (Wildman–Crippen MR) is 85.7 cm³/mol. The van der Waals surface area contributed by atoms with Crippen molar-refractivity contribution in [2.24, 2.45) is 0 Å². The summed E-state index contributed by atoms with van der Waals surface area (Å²) in [5.41, 5.74) is 0.809. The molecular formula is C12H14BrNO3S3. The topological polar surface area (TPSA) is 57.6 Å². The SMILES string of the molecule is Cc1cc(S(=O)(=O)N(C)Cc2cc(Br)cs2)sc1CO. The van der Waals surface area contributed by atoms with Gasteiger partial charge in [0.2, 0.25) is 0 Å². The summed E-state index contributed by atoms with van der Waals surface area (Å²) >= 11 is 5.99. The minimum absolute atomic E-state index is 0.131. The number of hydrogen-bond donors (Lipinski definition) is 1. The summed E-state index contributed by atoms with van der Waals surface area (Å²) in [5.74, 6) is 0. The first kappa shape index (κ1) is 16.1. The molecule has 0 spiro atoms. The summed E-state index contributed by atoms with van der Waals surface area (Å²) in [5, 5.41) is 11.1. The fourth-order valence-corrected chi connectivity index (χ4v) is 6.06. The zero-order chi connectivity index (χ0) is 14.9. The Morgan fingerprint density at radius 3 is 2.60 bits per heavy atom. The highest BCUT2D eigenvalue weighted by Gasteiger charge is 2.24. The number of aliphatic hydroxyl groups excluding tert-OH is 1. The molecular weight excluding hydrogens is 382 g/mol. The molecule has 0 aliphatic rings. The van der Waals surface area contributed by atoms with Gasteiger partial charge in [0.25, 0.3) is 10.0 Å². The van der Waals surface area contributed by atoms with Crippen LogP contribution in [0.3, 0.4) is 0 Å². The molecule has 0 saturated carbocycles. The Kier molecular flexibility index (Phi) is 5.04. The molecule has 0 aliphatic carbocycles. The summed E-state index contributed by atoms with van der Waals surface area (Å²) in [6.07, 6.45) is 0. The maximum absolute atomic E-state index is 12.5. The van der Waals surface area contributed by atoms with E-state index >= 15 is 0 Å². The van der Waals surface area contributed by atoms with E-state index in [1.54, 1.807) is 20.0 Å². The second-order valence-corrected chi connectivity index (χ2v) is 9.64. The molecule has 0 fully saturated rings. The van der Waals surface area contributed by atoms with E-state index in [0.29, 0.717) is 11.4 Å². The Balaban J connectivity index is 2.24. The van der Waals surface area contributed by atoms with Crippen LogP contribution >= 0.6 is 38.6 Å². The summed E-state index contributed by atoms with van der Waals surface area (Å²) in [6.45, 7) is 2.01. The van der Waals surface area contributed by atoms with Crippen LogP contribution in [0.2, 0.25) is 0 Å². The van der Waals surface area contributed by atoms with Gasteiger partial charge in [0.1, 0.15) is 4.21 Å². The van der Waals surface area contributed by atoms with Crippen LogP contribution in [-0.2, 0) is 23.2 Å². The molecule has 110 valence electrons. The highest BCUT2D eigenvalue weighted by molar-refractivity contribution is 9.10. The molecule has 0 aliphatic heterocycles. The van der Waals surface area contributed by atoms with Gasteiger partial charge in [0.15, 0.2) is 0 Å². The van der Waals surface area contributed by atoms with Gasteiger partial charge in [-0.15, -0.1) is 22.7 Å². The summed E-state index contributed by atoms with van der Waals surface area (Å²) in [6, 6.07) is 3.53. The Hall–Kier alpha value is -0.250. The summed E-state index contributed by atoms with van der Waals surface area (Å²) < 4.78 is 27.5. The van der Waals surface area contributed by atoms with Gasteiger partial charge in [0.05, 0.1) is 6.61 Å². The van der Waals surface area contributed by atoms with Gasteiger partial charge in [-0.25, -0.2) is 8.42 Å². The molecule has 1 N–H and O–H groups in total. The van der Waals surface area contributed by atoms with Gasteiger partial charge in [-0.3, -0.25) is 0 Å². The zero-order valence-electron chi connectivity index (χ0n) is 11.0. The molecule has 2 aromatic rings. The molecule has 4 nitrogen and oxygen atoms in total. The number of sulfonamides is 1. The van der Waals surface area contributed by atoms with E-state index < -0.39 is 10.0 Å². The van der Waals surface area contributed by atoms with Crippen molar-refractivity contribution < 1.29 is 13.5 Å². The molecule has 0 atom stereocenters. The number of thiophene rings is 2. The molecule has 8 heteroatoms. The number of aryl methyl sites for hydroxylation is 1. The quantitative estimate of drug-likeness (QED) is 0.845. The Morgan fingerprint density at radius 1 is 1.40 bits per heavy atom. The number of nitrogens with zero attached hydrogens (tertiary/aromatic N) is 1. The Labute approximate surface area is 134 Å². The molecule has 0 radical (unpaired) electrons. The molecule has 0 saturated heterocycles. The highest BCUT2D eigenvalue weighted by Crippen LogP contribution is 2.29.